The van der Waals surface area contributed by atoms with E-state index in [1.807, 2.05) is 0 Å². The number of hydrogen-bond acceptors (Lipinski definition) is 5. The molecule has 1 saturated heterocycles. The molecule has 1 fully saturated rings. The highest BCUT2D eigenvalue weighted by atomic mass is 19.1. The summed E-state index contributed by atoms with van der Waals surface area (Å²) in [6, 6.07) is 16.0. The van der Waals surface area contributed by atoms with Gasteiger partial charge in [0.15, 0.2) is 0 Å². The maximum Gasteiger partial charge on any atom is 0.335 e. The van der Waals surface area contributed by atoms with Crippen LogP contribution in [0.25, 0.3) is 22.3 Å². The predicted molar refractivity (Wildman–Crippen MR) is 152 cm³/mol. The van der Waals surface area contributed by atoms with Gasteiger partial charge in [0.2, 0.25) is 5.88 Å². The van der Waals surface area contributed by atoms with Crippen molar-refractivity contribution in [2.75, 3.05) is 6.61 Å². The summed E-state index contributed by atoms with van der Waals surface area (Å²) in [6.07, 6.45) is 5.85. The van der Waals surface area contributed by atoms with Gasteiger partial charge in [0.25, 0.3) is 0 Å². The first-order chi connectivity index (χ1) is 20.8. The van der Waals surface area contributed by atoms with Crippen LogP contribution in [-0.2, 0) is 24.3 Å². The summed E-state index contributed by atoms with van der Waals surface area (Å²) in [6.45, 7) is 0.884. The molecule has 3 heterocycles. The van der Waals surface area contributed by atoms with Gasteiger partial charge in [0, 0.05) is 41.3 Å². The zero-order valence-electron chi connectivity index (χ0n) is 22.7. The molecule has 1 aliphatic rings. The van der Waals surface area contributed by atoms with Crippen molar-refractivity contribution in [1.29, 1.82) is 0 Å². The van der Waals surface area contributed by atoms with Crippen LogP contribution in [0, 0.1) is 29.8 Å². The Morgan fingerprint density at radius 1 is 1.05 bits per heavy atom. The number of rotatable bonds is 9. The summed E-state index contributed by atoms with van der Waals surface area (Å²) in [4.78, 5) is 20.5. The second-order valence-electron chi connectivity index (χ2n) is 10.1. The topological polar surface area (TPSA) is 86.5 Å². The minimum absolute atomic E-state index is 0.0853. The van der Waals surface area contributed by atoms with Crippen molar-refractivity contribution in [2.45, 2.75) is 32.1 Å². The lowest BCUT2D eigenvalue weighted by Gasteiger charge is -2.27. The van der Waals surface area contributed by atoms with Gasteiger partial charge < -0.3 is 19.1 Å². The fourth-order valence-corrected chi connectivity index (χ4v) is 4.92. The Kier molecular flexibility index (Phi) is 7.57. The minimum atomic E-state index is -1.09. The lowest BCUT2D eigenvalue weighted by molar-refractivity contribution is -0.0589. The van der Waals surface area contributed by atoms with E-state index in [0.717, 1.165) is 6.42 Å². The number of halogens is 3. The van der Waals surface area contributed by atoms with Crippen LogP contribution in [0.2, 0.25) is 0 Å². The van der Waals surface area contributed by atoms with Crippen molar-refractivity contribution < 1.29 is 32.5 Å². The van der Waals surface area contributed by atoms with Crippen LogP contribution < -0.4 is 4.74 Å². The van der Waals surface area contributed by atoms with Gasteiger partial charge >= 0.3 is 5.97 Å². The van der Waals surface area contributed by atoms with Gasteiger partial charge in [0.1, 0.15) is 29.9 Å². The summed E-state index contributed by atoms with van der Waals surface area (Å²) in [5, 5.41) is 9.45. The van der Waals surface area contributed by atoms with E-state index in [1.54, 1.807) is 34.9 Å². The van der Waals surface area contributed by atoms with Crippen molar-refractivity contribution in [2.24, 2.45) is 0 Å². The summed E-state index contributed by atoms with van der Waals surface area (Å²) in [5.41, 5.74) is 2.11. The number of pyridine rings is 1. The summed E-state index contributed by atoms with van der Waals surface area (Å²) in [5.74, 6) is -0.278. The van der Waals surface area contributed by atoms with Gasteiger partial charge in [0.05, 0.1) is 34.9 Å². The first kappa shape index (κ1) is 28.0. The van der Waals surface area contributed by atoms with Crippen molar-refractivity contribution in [3.8, 4) is 29.5 Å². The van der Waals surface area contributed by atoms with Crippen LogP contribution in [0.1, 0.15) is 39.3 Å². The molecule has 3 aromatic carbocycles. The highest BCUT2D eigenvalue weighted by Crippen LogP contribution is 2.29. The van der Waals surface area contributed by atoms with E-state index in [1.165, 1.54) is 36.4 Å². The van der Waals surface area contributed by atoms with Gasteiger partial charge in [-0.2, -0.15) is 0 Å². The number of carboxylic acid groups (broad SMARTS) is 1. The van der Waals surface area contributed by atoms with Gasteiger partial charge in [-0.05, 0) is 55.0 Å². The second kappa shape index (κ2) is 11.6. The zero-order chi connectivity index (χ0) is 30.1. The molecule has 216 valence electrons. The molecule has 6 rings (SSSR count). The SMILES string of the molecule is C#Cc1ccc(COc2cccc(-c3cc(F)c(Cc4nc5ccc(C(=O)O)cc5n4CC4CCO4)c(F)c3)n2)c(F)c1. The van der Waals surface area contributed by atoms with Gasteiger partial charge in [-0.1, -0.05) is 18.1 Å². The molecule has 43 heavy (non-hydrogen) atoms. The number of carbonyl (C=O) groups is 1. The van der Waals surface area contributed by atoms with Gasteiger partial charge in [-0.25, -0.2) is 27.9 Å². The third-order valence-corrected chi connectivity index (χ3v) is 7.34. The molecule has 2 aromatic heterocycles. The number of aromatic carboxylic acids is 1. The lowest BCUT2D eigenvalue weighted by Crippen LogP contribution is -2.31. The molecule has 7 nitrogen and oxygen atoms in total. The monoisotopic (exact) mass is 583 g/mol. The molecule has 1 N–H and O–H groups in total. The molecule has 10 heteroatoms. The number of ether oxygens (including phenoxy) is 2. The van der Waals surface area contributed by atoms with Crippen LogP contribution in [0.15, 0.2) is 66.7 Å². The van der Waals surface area contributed by atoms with Crippen LogP contribution in [0.3, 0.4) is 0 Å². The number of imidazole rings is 1. The first-order valence-corrected chi connectivity index (χ1v) is 13.5. The van der Waals surface area contributed by atoms with Crippen molar-refractivity contribution in [3.63, 3.8) is 0 Å². The highest BCUT2D eigenvalue weighted by molar-refractivity contribution is 5.92. The maximum absolute atomic E-state index is 15.5. The number of terminal acetylenes is 1. The fraction of sp³-hybridized carbons (Fsp3) is 0.182. The number of hydrogen-bond donors (Lipinski definition) is 1. The van der Waals surface area contributed by atoms with Crippen molar-refractivity contribution >= 4 is 17.0 Å². The Hall–Kier alpha value is -5.14. The Balaban J connectivity index is 1.26. The summed E-state index contributed by atoms with van der Waals surface area (Å²) >= 11 is 0. The molecular weight excluding hydrogens is 559 g/mol. The minimum Gasteiger partial charge on any atom is -0.478 e. The largest absolute Gasteiger partial charge is 0.478 e. The van der Waals surface area contributed by atoms with E-state index < -0.39 is 23.4 Å². The second-order valence-corrected chi connectivity index (χ2v) is 10.1. The molecule has 0 spiro atoms. The zero-order valence-corrected chi connectivity index (χ0v) is 22.7. The molecule has 1 atom stereocenters. The maximum atomic E-state index is 15.5. The van der Waals surface area contributed by atoms with Gasteiger partial charge in [-0.3, -0.25) is 0 Å². The normalized spacial score (nSPS) is 14.3. The quantitative estimate of drug-likeness (QED) is 0.210. The average molecular weight is 584 g/mol. The molecule has 0 amide bonds. The number of nitrogens with zero attached hydrogens (tertiary/aromatic N) is 3. The molecule has 0 saturated carbocycles. The van der Waals surface area contributed by atoms with Crippen molar-refractivity contribution in [3.05, 3.63) is 112 Å². The van der Waals surface area contributed by atoms with E-state index in [2.05, 4.69) is 15.9 Å². The van der Waals surface area contributed by atoms with E-state index in [9.17, 15) is 14.3 Å². The van der Waals surface area contributed by atoms with Crippen LogP contribution in [0.4, 0.5) is 13.2 Å². The van der Waals surface area contributed by atoms with E-state index >= 15 is 8.78 Å². The summed E-state index contributed by atoms with van der Waals surface area (Å²) in [7, 11) is 0. The average Bonchev–Trinajstić information content (AvgIpc) is 3.32. The van der Waals surface area contributed by atoms with Crippen LogP contribution in [0.5, 0.6) is 5.88 Å². The van der Waals surface area contributed by atoms with Crippen molar-refractivity contribution in [1.82, 2.24) is 14.5 Å². The molecule has 0 radical (unpaired) electrons. The van der Waals surface area contributed by atoms with Crippen LogP contribution >= 0.6 is 0 Å². The first-order valence-electron chi connectivity index (χ1n) is 13.5. The molecule has 5 aromatic rings. The summed E-state index contributed by atoms with van der Waals surface area (Å²) < 4.78 is 58.2. The van der Waals surface area contributed by atoms with E-state index in [0.29, 0.717) is 35.6 Å². The molecular formula is C33H24F3N3O4. The number of fused-ring (bicyclic) bond motifs is 1. The Bertz CT molecular complexity index is 1890. The molecule has 1 aliphatic heterocycles. The lowest BCUT2D eigenvalue weighted by atomic mass is 10.0. The number of carboxylic acids is 1. The smallest absolute Gasteiger partial charge is 0.335 e. The highest BCUT2D eigenvalue weighted by Gasteiger charge is 2.24. The van der Waals surface area contributed by atoms with Crippen LogP contribution in [-0.4, -0.2) is 38.3 Å². The van der Waals surface area contributed by atoms with E-state index in [-0.39, 0.29) is 53.0 Å². The molecule has 1 unspecified atom stereocenters. The predicted octanol–water partition coefficient (Wildman–Crippen LogP) is 6.15. The molecule has 0 aliphatic carbocycles. The number of benzene rings is 3. The Morgan fingerprint density at radius 3 is 2.51 bits per heavy atom. The fourth-order valence-electron chi connectivity index (χ4n) is 4.92. The third-order valence-electron chi connectivity index (χ3n) is 7.34. The van der Waals surface area contributed by atoms with Gasteiger partial charge in [-0.15, -0.1) is 6.42 Å². The Labute approximate surface area is 244 Å². The van der Waals surface area contributed by atoms with E-state index in [4.69, 9.17) is 15.9 Å². The molecule has 0 bridgehead atoms. The number of aromatic nitrogens is 3. The standard InChI is InChI=1S/C33H24F3N3O4/c1-2-19-6-7-21(25(34)12-19)18-43-32-5-3-4-28(38-32)22-13-26(35)24(27(36)14-22)16-31-37-29-9-8-20(33(40)41)15-30(29)39(31)17-23-10-11-42-23/h1,3-9,12-15,23H,10-11,16-18H2,(H,40,41). The Morgan fingerprint density at radius 2 is 1.84 bits per heavy atom. The third kappa shape index (κ3) is 5.80.